The number of benzene rings is 1. The highest BCUT2D eigenvalue weighted by Crippen LogP contribution is 2.16. The van der Waals surface area contributed by atoms with E-state index in [1.54, 1.807) is 0 Å². The summed E-state index contributed by atoms with van der Waals surface area (Å²) in [7, 11) is 0. The van der Waals surface area contributed by atoms with Gasteiger partial charge in [0.15, 0.2) is 0 Å². The van der Waals surface area contributed by atoms with E-state index in [2.05, 4.69) is 51.1 Å². The third-order valence-electron chi connectivity index (χ3n) is 2.73. The second-order valence-corrected chi connectivity index (χ2v) is 4.98. The lowest BCUT2D eigenvalue weighted by molar-refractivity contribution is 0.865. The smallest absolute Gasteiger partial charge is 0.0258 e. The normalized spacial score (nSPS) is 12.2. The molecule has 0 aliphatic heterocycles. The molecule has 1 aromatic carbocycles. The van der Waals surface area contributed by atoms with E-state index in [4.69, 9.17) is 11.6 Å². The Kier molecular flexibility index (Phi) is 5.62. The molecule has 0 heterocycles. The summed E-state index contributed by atoms with van der Waals surface area (Å²) in [5.74, 6) is 1.32. The summed E-state index contributed by atoms with van der Waals surface area (Å²) in [6, 6.07) is 8.92. The summed E-state index contributed by atoms with van der Waals surface area (Å²) < 4.78 is 0. The van der Waals surface area contributed by atoms with Gasteiger partial charge in [0.25, 0.3) is 0 Å². The molecule has 0 spiro atoms. The molecular weight excluding hydrogens is 216 g/mol. The SMILES string of the molecule is CC(=CCCCl)Cc1ccc(C(C)C)cc1. The van der Waals surface area contributed by atoms with Crippen LogP contribution in [-0.4, -0.2) is 5.88 Å². The zero-order valence-electron chi connectivity index (χ0n) is 10.5. The number of rotatable bonds is 5. The minimum Gasteiger partial charge on any atom is -0.126 e. The van der Waals surface area contributed by atoms with Gasteiger partial charge in [0.2, 0.25) is 0 Å². The molecule has 0 saturated heterocycles. The molecule has 0 nitrogen and oxygen atoms in total. The van der Waals surface area contributed by atoms with Crippen molar-refractivity contribution in [3.8, 4) is 0 Å². The largest absolute Gasteiger partial charge is 0.126 e. The van der Waals surface area contributed by atoms with Crippen LogP contribution in [0.4, 0.5) is 0 Å². The van der Waals surface area contributed by atoms with Crippen LogP contribution >= 0.6 is 11.6 Å². The van der Waals surface area contributed by atoms with Crippen LogP contribution in [0.2, 0.25) is 0 Å². The van der Waals surface area contributed by atoms with Crippen LogP contribution in [0.5, 0.6) is 0 Å². The molecule has 0 bridgehead atoms. The van der Waals surface area contributed by atoms with Gasteiger partial charge in [-0.25, -0.2) is 0 Å². The van der Waals surface area contributed by atoms with Gasteiger partial charge in [-0.15, -0.1) is 11.6 Å². The van der Waals surface area contributed by atoms with E-state index in [-0.39, 0.29) is 0 Å². The predicted molar refractivity (Wildman–Crippen MR) is 73.3 cm³/mol. The van der Waals surface area contributed by atoms with Crippen LogP contribution < -0.4 is 0 Å². The quantitative estimate of drug-likeness (QED) is 0.503. The average Bonchev–Trinajstić information content (AvgIpc) is 2.27. The highest BCUT2D eigenvalue weighted by atomic mass is 35.5. The van der Waals surface area contributed by atoms with Gasteiger partial charge in [-0.3, -0.25) is 0 Å². The second-order valence-electron chi connectivity index (χ2n) is 4.60. The molecule has 0 N–H and O–H groups in total. The first kappa shape index (κ1) is 13.3. The van der Waals surface area contributed by atoms with Crippen LogP contribution in [0.3, 0.4) is 0 Å². The van der Waals surface area contributed by atoms with Gasteiger partial charge < -0.3 is 0 Å². The molecule has 0 saturated carbocycles. The number of halogens is 1. The molecule has 1 aromatic rings. The van der Waals surface area contributed by atoms with Crippen LogP contribution in [-0.2, 0) is 6.42 Å². The molecule has 88 valence electrons. The maximum atomic E-state index is 5.66. The second kappa shape index (κ2) is 6.75. The van der Waals surface area contributed by atoms with Gasteiger partial charge in [0, 0.05) is 5.88 Å². The summed E-state index contributed by atoms with van der Waals surface area (Å²) in [5, 5.41) is 0. The molecule has 1 rings (SSSR count). The Balaban J connectivity index is 2.61. The van der Waals surface area contributed by atoms with Crippen molar-refractivity contribution in [1.29, 1.82) is 0 Å². The maximum Gasteiger partial charge on any atom is 0.0258 e. The lowest BCUT2D eigenvalue weighted by Gasteiger charge is -2.07. The van der Waals surface area contributed by atoms with Crippen molar-refractivity contribution >= 4 is 11.6 Å². The molecule has 0 aromatic heterocycles. The average molecular weight is 237 g/mol. The summed E-state index contributed by atoms with van der Waals surface area (Å²) in [5.41, 5.74) is 4.19. The van der Waals surface area contributed by atoms with Crippen molar-refractivity contribution in [2.45, 2.75) is 39.5 Å². The maximum absolute atomic E-state index is 5.66. The van der Waals surface area contributed by atoms with Gasteiger partial charge in [0.1, 0.15) is 0 Å². The standard InChI is InChI=1S/C15H21Cl/c1-12(2)15-8-6-14(7-9-15)11-13(3)5-4-10-16/h5-9,12H,4,10-11H2,1-3H3. The van der Waals surface area contributed by atoms with Crippen molar-refractivity contribution in [2.75, 3.05) is 5.88 Å². The summed E-state index contributed by atoms with van der Waals surface area (Å²) in [6.45, 7) is 6.62. The van der Waals surface area contributed by atoms with Gasteiger partial charge >= 0.3 is 0 Å². The van der Waals surface area contributed by atoms with Gasteiger partial charge in [-0.05, 0) is 36.8 Å². The summed E-state index contributed by atoms with van der Waals surface area (Å²) in [4.78, 5) is 0. The van der Waals surface area contributed by atoms with Gasteiger partial charge in [-0.2, -0.15) is 0 Å². The summed E-state index contributed by atoms with van der Waals surface area (Å²) >= 11 is 5.66. The minimum atomic E-state index is 0.613. The first-order valence-electron chi connectivity index (χ1n) is 5.94. The summed E-state index contributed by atoms with van der Waals surface area (Å²) in [6.07, 6.45) is 4.23. The van der Waals surface area contributed by atoms with Crippen LogP contribution in [0.25, 0.3) is 0 Å². The molecule has 0 unspecified atom stereocenters. The van der Waals surface area contributed by atoms with Gasteiger partial charge in [0.05, 0.1) is 0 Å². The molecular formula is C15H21Cl. The number of alkyl halides is 1. The first-order valence-corrected chi connectivity index (χ1v) is 6.47. The highest BCUT2D eigenvalue weighted by Gasteiger charge is 1.99. The van der Waals surface area contributed by atoms with Crippen LogP contribution in [0.1, 0.15) is 44.2 Å². The fourth-order valence-electron chi connectivity index (χ4n) is 1.72. The number of allylic oxidation sites excluding steroid dienone is 2. The van der Waals surface area contributed by atoms with E-state index in [0.29, 0.717) is 11.8 Å². The Bertz CT molecular complexity index is 333. The predicted octanol–water partition coefficient (Wildman–Crippen LogP) is 4.93. The van der Waals surface area contributed by atoms with Crippen LogP contribution in [0, 0.1) is 0 Å². The number of hydrogen-bond donors (Lipinski definition) is 0. The molecule has 16 heavy (non-hydrogen) atoms. The van der Waals surface area contributed by atoms with Crippen molar-refractivity contribution in [1.82, 2.24) is 0 Å². The van der Waals surface area contributed by atoms with Crippen molar-refractivity contribution in [2.24, 2.45) is 0 Å². The van der Waals surface area contributed by atoms with Crippen molar-refractivity contribution in [3.63, 3.8) is 0 Å². The third-order valence-corrected chi connectivity index (χ3v) is 2.95. The Morgan fingerprint density at radius 1 is 1.25 bits per heavy atom. The van der Waals surface area contributed by atoms with E-state index >= 15 is 0 Å². The van der Waals surface area contributed by atoms with E-state index in [9.17, 15) is 0 Å². The molecule has 0 aliphatic carbocycles. The zero-order valence-corrected chi connectivity index (χ0v) is 11.2. The van der Waals surface area contributed by atoms with Crippen molar-refractivity contribution < 1.29 is 0 Å². The van der Waals surface area contributed by atoms with Crippen LogP contribution in [0.15, 0.2) is 35.9 Å². The fourth-order valence-corrected chi connectivity index (χ4v) is 1.82. The first-order chi connectivity index (χ1) is 7.63. The molecule has 0 radical (unpaired) electrons. The number of hydrogen-bond acceptors (Lipinski definition) is 0. The van der Waals surface area contributed by atoms with E-state index in [1.807, 2.05) is 0 Å². The Morgan fingerprint density at radius 3 is 2.38 bits per heavy atom. The highest BCUT2D eigenvalue weighted by molar-refractivity contribution is 6.17. The monoisotopic (exact) mass is 236 g/mol. The Labute approximate surface area is 104 Å². The molecule has 0 aliphatic rings. The topological polar surface area (TPSA) is 0 Å². The van der Waals surface area contributed by atoms with Crippen molar-refractivity contribution in [3.05, 3.63) is 47.0 Å². The van der Waals surface area contributed by atoms with E-state index < -0.39 is 0 Å². The minimum absolute atomic E-state index is 0.613. The Hall–Kier alpha value is -0.750. The van der Waals surface area contributed by atoms with E-state index in [0.717, 1.165) is 12.8 Å². The lowest BCUT2D eigenvalue weighted by Crippen LogP contribution is -1.90. The molecule has 0 fully saturated rings. The molecule has 0 amide bonds. The Morgan fingerprint density at radius 2 is 1.88 bits per heavy atom. The third kappa shape index (κ3) is 4.40. The van der Waals surface area contributed by atoms with E-state index in [1.165, 1.54) is 16.7 Å². The fraction of sp³-hybridized carbons (Fsp3) is 0.467. The van der Waals surface area contributed by atoms with Gasteiger partial charge in [-0.1, -0.05) is 49.8 Å². The molecule has 0 atom stereocenters. The molecule has 1 heteroatoms. The zero-order chi connectivity index (χ0) is 12.0. The lowest BCUT2D eigenvalue weighted by atomic mass is 9.99.